The van der Waals surface area contributed by atoms with E-state index in [1.807, 2.05) is 75.4 Å². The van der Waals surface area contributed by atoms with Crippen molar-refractivity contribution in [2.45, 2.75) is 52.5 Å². The molecule has 1 N–H and O–H groups in total. The van der Waals surface area contributed by atoms with Crippen molar-refractivity contribution in [2.75, 3.05) is 27.2 Å². The van der Waals surface area contributed by atoms with Gasteiger partial charge in [0.25, 0.3) is 11.7 Å². The molecule has 3 aromatic rings. The predicted molar refractivity (Wildman–Crippen MR) is 142 cm³/mol. The van der Waals surface area contributed by atoms with Crippen molar-refractivity contribution < 1.29 is 14.7 Å². The number of rotatable bonds is 6. The predicted octanol–water partition coefficient (Wildman–Crippen LogP) is 4.62. The molecule has 1 aliphatic heterocycles. The smallest absolute Gasteiger partial charge is 0.295 e. The van der Waals surface area contributed by atoms with E-state index in [0.29, 0.717) is 30.0 Å². The zero-order chi connectivity index (χ0) is 26.4. The molecule has 0 saturated carbocycles. The topological polar surface area (TPSA) is 78.1 Å². The third-order valence-electron chi connectivity index (χ3n) is 6.88. The van der Waals surface area contributed by atoms with Crippen molar-refractivity contribution in [1.82, 2.24) is 19.2 Å². The van der Waals surface area contributed by atoms with E-state index in [9.17, 15) is 14.7 Å². The third kappa shape index (κ3) is 4.55. The number of aliphatic hydroxyl groups is 1. The summed E-state index contributed by atoms with van der Waals surface area (Å²) < 4.78 is 1.79. The van der Waals surface area contributed by atoms with E-state index in [2.05, 4.69) is 25.8 Å². The number of carbonyl (C=O) groups excluding carboxylic acids is 2. The first-order chi connectivity index (χ1) is 16.9. The molecule has 1 amide bonds. The zero-order valence-electron chi connectivity index (χ0n) is 22.3. The van der Waals surface area contributed by atoms with Gasteiger partial charge in [0.1, 0.15) is 11.3 Å². The Bertz CT molecular complexity index is 1340. The number of carbonyl (C=O) groups is 2. The first kappa shape index (κ1) is 25.6. The van der Waals surface area contributed by atoms with Crippen LogP contribution in [0.5, 0.6) is 0 Å². The number of aryl methyl sites for hydroxylation is 2. The van der Waals surface area contributed by atoms with Crippen LogP contribution in [0.2, 0.25) is 0 Å². The third-order valence-corrected chi connectivity index (χ3v) is 6.88. The van der Waals surface area contributed by atoms with Crippen molar-refractivity contribution in [3.63, 3.8) is 0 Å². The number of amides is 1. The van der Waals surface area contributed by atoms with E-state index in [0.717, 1.165) is 23.2 Å². The van der Waals surface area contributed by atoms with Gasteiger partial charge < -0.3 is 14.9 Å². The standard InChI is InChI=1S/C29H36N4O3/c1-18-10-8-16-32-23(19(2)30-27(18)32)25(34)22-24(20-11-13-21(14-12-20)29(3,4)5)33(28(36)26(22)35)17-9-15-31(6)7/h8,10-14,16,24,34H,9,15,17H2,1-7H3/b25-22+/t24-/m1/s1. The maximum Gasteiger partial charge on any atom is 0.295 e. The number of ketones is 1. The van der Waals surface area contributed by atoms with Gasteiger partial charge in [-0.3, -0.25) is 14.0 Å². The zero-order valence-corrected chi connectivity index (χ0v) is 22.3. The van der Waals surface area contributed by atoms with Gasteiger partial charge in [-0.15, -0.1) is 0 Å². The lowest BCUT2D eigenvalue weighted by Crippen LogP contribution is -2.32. The number of benzene rings is 1. The Morgan fingerprint density at radius 3 is 2.36 bits per heavy atom. The molecule has 1 fully saturated rings. The summed E-state index contributed by atoms with van der Waals surface area (Å²) in [6.45, 7) is 11.4. The van der Waals surface area contributed by atoms with E-state index in [1.165, 1.54) is 0 Å². The second-order valence-corrected chi connectivity index (χ2v) is 11.0. The van der Waals surface area contributed by atoms with Crippen molar-refractivity contribution >= 4 is 23.1 Å². The van der Waals surface area contributed by atoms with Gasteiger partial charge in [-0.1, -0.05) is 51.1 Å². The molecule has 0 aliphatic carbocycles. The first-order valence-electron chi connectivity index (χ1n) is 12.4. The molecule has 0 spiro atoms. The minimum atomic E-state index is -0.670. The highest BCUT2D eigenvalue weighted by atomic mass is 16.3. The largest absolute Gasteiger partial charge is 0.505 e. The molecule has 0 radical (unpaired) electrons. The summed E-state index contributed by atoms with van der Waals surface area (Å²) in [4.78, 5) is 35.0. The molecule has 7 nitrogen and oxygen atoms in total. The van der Waals surface area contributed by atoms with Gasteiger partial charge in [0, 0.05) is 12.7 Å². The average Bonchev–Trinajstić information content (AvgIpc) is 3.27. The molecule has 0 unspecified atom stereocenters. The van der Waals surface area contributed by atoms with Gasteiger partial charge in [0.15, 0.2) is 5.76 Å². The number of Topliss-reactive ketones (excluding diaryl/α,β-unsaturated/α-hetero) is 1. The second-order valence-electron chi connectivity index (χ2n) is 11.0. The van der Waals surface area contributed by atoms with Crippen LogP contribution in [0, 0.1) is 13.8 Å². The summed E-state index contributed by atoms with van der Waals surface area (Å²) in [7, 11) is 3.96. The van der Waals surface area contributed by atoms with Crippen LogP contribution < -0.4 is 0 Å². The molecule has 1 saturated heterocycles. The monoisotopic (exact) mass is 488 g/mol. The molecule has 0 bridgehead atoms. The Kier molecular flexibility index (Phi) is 6.80. The molecular weight excluding hydrogens is 452 g/mol. The molecule has 1 aromatic carbocycles. The summed E-state index contributed by atoms with van der Waals surface area (Å²) in [6.07, 6.45) is 2.53. The fourth-order valence-corrected chi connectivity index (χ4v) is 4.91. The molecule has 7 heteroatoms. The molecule has 190 valence electrons. The molecule has 3 heterocycles. The van der Waals surface area contributed by atoms with Crippen LogP contribution in [0.3, 0.4) is 0 Å². The molecular formula is C29H36N4O3. The molecule has 1 atom stereocenters. The Balaban J connectivity index is 1.89. The Hall–Kier alpha value is -3.45. The van der Waals surface area contributed by atoms with Gasteiger partial charge in [-0.2, -0.15) is 0 Å². The average molecular weight is 489 g/mol. The van der Waals surface area contributed by atoms with Crippen molar-refractivity contribution in [3.05, 3.63) is 76.2 Å². The van der Waals surface area contributed by atoms with E-state index in [4.69, 9.17) is 0 Å². The lowest BCUT2D eigenvalue weighted by atomic mass is 9.85. The minimum Gasteiger partial charge on any atom is -0.505 e. The Morgan fingerprint density at radius 2 is 1.75 bits per heavy atom. The van der Waals surface area contributed by atoms with Gasteiger partial charge in [-0.05, 0) is 69.1 Å². The molecule has 36 heavy (non-hydrogen) atoms. The van der Waals surface area contributed by atoms with Crippen LogP contribution in [0.4, 0.5) is 0 Å². The van der Waals surface area contributed by atoms with Crippen molar-refractivity contribution in [2.24, 2.45) is 0 Å². The fourth-order valence-electron chi connectivity index (χ4n) is 4.91. The molecule has 1 aliphatic rings. The van der Waals surface area contributed by atoms with Crippen LogP contribution in [-0.4, -0.2) is 63.2 Å². The summed E-state index contributed by atoms with van der Waals surface area (Å²) in [5.41, 5.74) is 4.75. The number of imidazole rings is 1. The summed E-state index contributed by atoms with van der Waals surface area (Å²) in [5.74, 6) is -1.43. The highest BCUT2D eigenvalue weighted by Crippen LogP contribution is 2.40. The number of aliphatic hydroxyl groups excluding tert-OH is 1. The number of nitrogens with zero attached hydrogens (tertiary/aromatic N) is 4. The maximum absolute atomic E-state index is 13.4. The van der Waals surface area contributed by atoms with E-state index >= 15 is 0 Å². The second kappa shape index (κ2) is 9.54. The van der Waals surface area contributed by atoms with Crippen molar-refractivity contribution in [1.29, 1.82) is 0 Å². The number of hydrogen-bond acceptors (Lipinski definition) is 5. The maximum atomic E-state index is 13.4. The Labute approximate surface area is 213 Å². The first-order valence-corrected chi connectivity index (χ1v) is 12.4. The van der Waals surface area contributed by atoms with Gasteiger partial charge >= 0.3 is 0 Å². The Morgan fingerprint density at radius 1 is 1.08 bits per heavy atom. The number of pyridine rings is 1. The van der Waals surface area contributed by atoms with E-state index < -0.39 is 17.7 Å². The fraction of sp³-hybridized carbons (Fsp3) is 0.414. The lowest BCUT2D eigenvalue weighted by molar-refractivity contribution is -0.139. The van der Waals surface area contributed by atoms with E-state index in [1.54, 1.807) is 9.30 Å². The highest BCUT2D eigenvalue weighted by Gasteiger charge is 2.46. The van der Waals surface area contributed by atoms with E-state index in [-0.39, 0.29) is 16.7 Å². The highest BCUT2D eigenvalue weighted by molar-refractivity contribution is 6.46. The number of likely N-dealkylation sites (tertiary alicyclic amines) is 1. The van der Waals surface area contributed by atoms with Crippen molar-refractivity contribution in [3.8, 4) is 0 Å². The summed E-state index contributed by atoms with van der Waals surface area (Å²) >= 11 is 0. The normalized spacial score (nSPS) is 18.1. The van der Waals surface area contributed by atoms with Gasteiger partial charge in [0.2, 0.25) is 0 Å². The quantitative estimate of drug-likeness (QED) is 0.311. The van der Waals surface area contributed by atoms with Crippen LogP contribution in [0.25, 0.3) is 11.4 Å². The molecule has 2 aromatic heterocycles. The SMILES string of the molecule is Cc1nc2c(C)cccn2c1/C(O)=C1\C(=O)C(=O)N(CCCN(C)C)[C@@H]1c1ccc(C(C)(C)C)cc1. The lowest BCUT2D eigenvalue weighted by Gasteiger charge is -2.27. The summed E-state index contributed by atoms with van der Waals surface area (Å²) in [6, 6.07) is 11.2. The minimum absolute atomic E-state index is 0.0302. The number of hydrogen-bond donors (Lipinski definition) is 1. The van der Waals surface area contributed by atoms with Crippen LogP contribution >= 0.6 is 0 Å². The van der Waals surface area contributed by atoms with Crippen LogP contribution in [0.15, 0.2) is 48.2 Å². The van der Waals surface area contributed by atoms with Gasteiger partial charge in [-0.25, -0.2) is 4.98 Å². The van der Waals surface area contributed by atoms with Crippen LogP contribution in [0.1, 0.15) is 61.3 Å². The number of aromatic nitrogens is 2. The summed E-state index contributed by atoms with van der Waals surface area (Å²) in [5, 5.41) is 11.6. The van der Waals surface area contributed by atoms with Gasteiger partial charge in [0.05, 0.1) is 17.3 Å². The van der Waals surface area contributed by atoms with Crippen LogP contribution in [-0.2, 0) is 15.0 Å². The molecule has 4 rings (SSSR count). The number of fused-ring (bicyclic) bond motifs is 1.